The molecule has 3 nitrogen and oxygen atoms in total. The Hall–Kier alpha value is -1.30. The third-order valence-electron chi connectivity index (χ3n) is 2.57. The second kappa shape index (κ2) is 6.75. The molecule has 0 bridgehead atoms. The number of aromatic nitrogens is 1. The van der Waals surface area contributed by atoms with Crippen LogP contribution in [0, 0.1) is 0 Å². The quantitative estimate of drug-likeness (QED) is 0.863. The zero-order valence-electron chi connectivity index (χ0n) is 11.3. The molecule has 19 heavy (non-hydrogen) atoms. The summed E-state index contributed by atoms with van der Waals surface area (Å²) in [4.78, 5) is 4.00. The van der Waals surface area contributed by atoms with E-state index in [2.05, 4.69) is 10.3 Å². The highest BCUT2D eigenvalue weighted by molar-refractivity contribution is 5.26. The van der Waals surface area contributed by atoms with Crippen LogP contribution in [0.2, 0.25) is 0 Å². The van der Waals surface area contributed by atoms with Crippen LogP contribution in [0.1, 0.15) is 38.3 Å². The number of alkyl halides is 3. The van der Waals surface area contributed by atoms with Gasteiger partial charge in [-0.1, -0.05) is 0 Å². The van der Waals surface area contributed by atoms with Crippen LogP contribution in [0.3, 0.4) is 0 Å². The van der Waals surface area contributed by atoms with Crippen LogP contribution in [-0.2, 0) is 0 Å². The number of nitrogens with one attached hydrogen (secondary N) is 1. The first-order valence-corrected chi connectivity index (χ1v) is 6.17. The van der Waals surface area contributed by atoms with Crippen molar-refractivity contribution in [2.75, 3.05) is 7.05 Å². The first kappa shape index (κ1) is 15.8. The topological polar surface area (TPSA) is 34.2 Å². The number of hydrogen-bond donors (Lipinski definition) is 1. The summed E-state index contributed by atoms with van der Waals surface area (Å²) < 4.78 is 42.2. The molecule has 0 aliphatic carbocycles. The van der Waals surface area contributed by atoms with Crippen LogP contribution in [0.5, 0.6) is 5.75 Å². The van der Waals surface area contributed by atoms with Crippen LogP contribution in [0.25, 0.3) is 0 Å². The minimum absolute atomic E-state index is 0.000242. The summed E-state index contributed by atoms with van der Waals surface area (Å²) in [5.41, 5.74) is 0.699. The number of halogens is 3. The highest BCUT2D eigenvalue weighted by atomic mass is 19.4. The molecule has 1 aromatic heterocycles. The molecular formula is C13H19F3N2O. The highest BCUT2D eigenvalue weighted by Gasteiger charge is 2.28. The lowest BCUT2D eigenvalue weighted by Crippen LogP contribution is -2.20. The highest BCUT2D eigenvalue weighted by Crippen LogP contribution is 2.28. The predicted octanol–water partition coefficient (Wildman–Crippen LogP) is 3.47. The standard InChI is InChI=1S/C13H19F3N2O/c1-9(2)19-11-6-10(7-18-8-11)12(17-3)4-5-13(14,15)16/h6-9,12,17H,4-5H2,1-3H3. The van der Waals surface area contributed by atoms with Crippen molar-refractivity contribution in [1.29, 1.82) is 0 Å². The van der Waals surface area contributed by atoms with Crippen LogP contribution in [0.15, 0.2) is 18.5 Å². The lowest BCUT2D eigenvalue weighted by molar-refractivity contribution is -0.136. The van der Waals surface area contributed by atoms with Crippen LogP contribution in [0.4, 0.5) is 13.2 Å². The number of rotatable bonds is 6. The number of nitrogens with zero attached hydrogens (tertiary/aromatic N) is 1. The molecule has 0 fully saturated rings. The average molecular weight is 276 g/mol. The fraction of sp³-hybridized carbons (Fsp3) is 0.615. The first-order valence-electron chi connectivity index (χ1n) is 6.17. The van der Waals surface area contributed by atoms with Gasteiger partial charge in [0.25, 0.3) is 0 Å². The minimum atomic E-state index is -4.14. The summed E-state index contributed by atoms with van der Waals surface area (Å²) in [5.74, 6) is 0.569. The van der Waals surface area contributed by atoms with Crippen LogP contribution >= 0.6 is 0 Å². The van der Waals surface area contributed by atoms with Gasteiger partial charge < -0.3 is 10.1 Å². The molecule has 0 aromatic carbocycles. The largest absolute Gasteiger partial charge is 0.489 e. The molecule has 108 valence electrons. The Kier molecular flexibility index (Phi) is 5.60. The third kappa shape index (κ3) is 5.92. The van der Waals surface area contributed by atoms with Gasteiger partial charge in [0, 0.05) is 18.7 Å². The summed E-state index contributed by atoms with van der Waals surface area (Å²) in [6.07, 6.45) is -1.87. The van der Waals surface area contributed by atoms with Crippen molar-refractivity contribution in [3.05, 3.63) is 24.0 Å². The summed E-state index contributed by atoms with van der Waals surface area (Å²) in [7, 11) is 1.64. The predicted molar refractivity (Wildman–Crippen MR) is 67.1 cm³/mol. The molecule has 1 N–H and O–H groups in total. The van der Waals surface area contributed by atoms with Crippen molar-refractivity contribution in [3.63, 3.8) is 0 Å². The molecule has 0 radical (unpaired) electrons. The monoisotopic (exact) mass is 276 g/mol. The Morgan fingerprint density at radius 2 is 2.00 bits per heavy atom. The van der Waals surface area contributed by atoms with E-state index in [0.717, 1.165) is 0 Å². The molecule has 0 saturated carbocycles. The van der Waals surface area contributed by atoms with E-state index in [1.165, 1.54) is 0 Å². The molecule has 0 aliphatic rings. The maximum absolute atomic E-state index is 12.3. The smallest absolute Gasteiger partial charge is 0.389 e. The van der Waals surface area contributed by atoms with E-state index < -0.39 is 12.6 Å². The van der Waals surface area contributed by atoms with Gasteiger partial charge in [0.2, 0.25) is 0 Å². The van der Waals surface area contributed by atoms with Crippen molar-refractivity contribution < 1.29 is 17.9 Å². The number of hydrogen-bond acceptors (Lipinski definition) is 3. The minimum Gasteiger partial charge on any atom is -0.489 e. The number of ether oxygens (including phenoxy) is 1. The maximum Gasteiger partial charge on any atom is 0.389 e. The van der Waals surface area contributed by atoms with Crippen LogP contribution < -0.4 is 10.1 Å². The van der Waals surface area contributed by atoms with Gasteiger partial charge in [-0.05, 0) is 38.9 Å². The molecule has 1 aromatic rings. The van der Waals surface area contributed by atoms with Gasteiger partial charge >= 0.3 is 6.18 Å². The summed E-state index contributed by atoms with van der Waals surface area (Å²) in [6.45, 7) is 3.76. The van der Waals surface area contributed by atoms with Gasteiger partial charge in [0.05, 0.1) is 12.3 Å². The zero-order valence-corrected chi connectivity index (χ0v) is 11.3. The fourth-order valence-electron chi connectivity index (χ4n) is 1.75. The van der Waals surface area contributed by atoms with Crippen molar-refractivity contribution in [2.45, 2.75) is 45.0 Å². The van der Waals surface area contributed by atoms with E-state index in [-0.39, 0.29) is 18.6 Å². The molecule has 6 heteroatoms. The molecule has 1 heterocycles. The lowest BCUT2D eigenvalue weighted by Gasteiger charge is -2.18. The van der Waals surface area contributed by atoms with Crippen molar-refractivity contribution >= 4 is 0 Å². The Morgan fingerprint density at radius 1 is 1.32 bits per heavy atom. The van der Waals surface area contributed by atoms with E-state index in [0.29, 0.717) is 11.3 Å². The molecule has 1 rings (SSSR count). The molecule has 1 atom stereocenters. The van der Waals surface area contributed by atoms with Crippen molar-refractivity contribution in [1.82, 2.24) is 10.3 Å². The normalized spacial score (nSPS) is 13.6. The van der Waals surface area contributed by atoms with E-state index >= 15 is 0 Å². The zero-order chi connectivity index (χ0) is 14.5. The summed E-state index contributed by atoms with van der Waals surface area (Å²) in [5, 5.41) is 2.88. The van der Waals surface area contributed by atoms with Gasteiger partial charge in [-0.3, -0.25) is 4.98 Å². The van der Waals surface area contributed by atoms with E-state index in [9.17, 15) is 13.2 Å². The fourth-order valence-corrected chi connectivity index (χ4v) is 1.75. The van der Waals surface area contributed by atoms with Gasteiger partial charge in [-0.25, -0.2) is 0 Å². The van der Waals surface area contributed by atoms with Gasteiger partial charge in [0.15, 0.2) is 0 Å². The molecule has 0 aliphatic heterocycles. The molecule has 1 unspecified atom stereocenters. The van der Waals surface area contributed by atoms with Crippen LogP contribution in [-0.4, -0.2) is 24.3 Å². The Bertz CT molecular complexity index is 394. The molecule has 0 amide bonds. The SMILES string of the molecule is CNC(CCC(F)(F)F)c1cncc(OC(C)C)c1. The lowest BCUT2D eigenvalue weighted by atomic mass is 10.0. The third-order valence-corrected chi connectivity index (χ3v) is 2.57. The maximum atomic E-state index is 12.3. The first-order chi connectivity index (χ1) is 8.81. The number of pyridine rings is 1. The molecular weight excluding hydrogens is 257 g/mol. The van der Waals surface area contributed by atoms with Crippen molar-refractivity contribution in [3.8, 4) is 5.75 Å². The van der Waals surface area contributed by atoms with Crippen molar-refractivity contribution in [2.24, 2.45) is 0 Å². The van der Waals surface area contributed by atoms with E-state index in [4.69, 9.17) is 4.74 Å². The Morgan fingerprint density at radius 3 is 2.53 bits per heavy atom. The summed E-state index contributed by atoms with van der Waals surface area (Å²) >= 11 is 0. The summed E-state index contributed by atoms with van der Waals surface area (Å²) in [6, 6.07) is 1.34. The Labute approximate surface area is 111 Å². The van der Waals surface area contributed by atoms with Gasteiger partial charge in [0.1, 0.15) is 5.75 Å². The molecule has 0 spiro atoms. The van der Waals surface area contributed by atoms with E-state index in [1.807, 2.05) is 13.8 Å². The van der Waals surface area contributed by atoms with Gasteiger partial charge in [-0.15, -0.1) is 0 Å². The van der Waals surface area contributed by atoms with E-state index in [1.54, 1.807) is 25.5 Å². The average Bonchev–Trinajstić information content (AvgIpc) is 2.28. The second-order valence-electron chi connectivity index (χ2n) is 4.62. The Balaban J connectivity index is 2.75. The molecule has 0 saturated heterocycles. The second-order valence-corrected chi connectivity index (χ2v) is 4.62. The van der Waals surface area contributed by atoms with Gasteiger partial charge in [-0.2, -0.15) is 13.2 Å².